The molecule has 0 unspecified atom stereocenters. The number of aryl methyl sites for hydroxylation is 1. The Morgan fingerprint density at radius 2 is 1.95 bits per heavy atom. The topological polar surface area (TPSA) is 37.8 Å². The highest BCUT2D eigenvalue weighted by Crippen LogP contribution is 2.30. The molecule has 0 aliphatic carbocycles. The molecular weight excluding hydrogens is 277 g/mol. The van der Waals surface area contributed by atoms with E-state index in [1.54, 1.807) is 19.2 Å². The van der Waals surface area contributed by atoms with Gasteiger partial charge in [0.05, 0.1) is 10.6 Å². The third-order valence-corrected chi connectivity index (χ3v) is 3.43. The van der Waals surface area contributed by atoms with E-state index >= 15 is 0 Å². The second-order valence-corrected chi connectivity index (χ2v) is 5.31. The van der Waals surface area contributed by atoms with Crippen molar-refractivity contribution in [3.05, 3.63) is 40.3 Å². The number of hydrogen-bond acceptors (Lipinski definition) is 3. The van der Waals surface area contributed by atoms with Crippen molar-refractivity contribution in [1.29, 1.82) is 0 Å². The number of halogens is 2. The van der Waals surface area contributed by atoms with E-state index in [1.165, 1.54) is 6.07 Å². The zero-order chi connectivity index (χ0) is 14.9. The van der Waals surface area contributed by atoms with Crippen molar-refractivity contribution in [3.8, 4) is 11.4 Å². The van der Waals surface area contributed by atoms with Crippen molar-refractivity contribution in [2.24, 2.45) is 0 Å². The molecule has 0 saturated heterocycles. The molecule has 0 aliphatic rings. The number of aromatic nitrogens is 2. The first kappa shape index (κ1) is 14.7. The maximum Gasteiger partial charge on any atom is 0.164 e. The molecular formula is C15H17ClFN3. The number of nitrogens with zero attached hydrogens (tertiary/aromatic N) is 2. The van der Waals surface area contributed by atoms with Gasteiger partial charge in [0.2, 0.25) is 0 Å². The molecule has 0 atom stereocenters. The summed E-state index contributed by atoms with van der Waals surface area (Å²) in [6.07, 6.45) is 0. The minimum absolute atomic E-state index is 0.0719. The van der Waals surface area contributed by atoms with Crippen LogP contribution >= 0.6 is 11.6 Å². The van der Waals surface area contributed by atoms with Crippen molar-refractivity contribution in [3.63, 3.8) is 0 Å². The summed E-state index contributed by atoms with van der Waals surface area (Å²) in [6, 6.07) is 4.83. The van der Waals surface area contributed by atoms with Crippen LogP contribution in [0.5, 0.6) is 0 Å². The number of rotatable bonds is 3. The zero-order valence-electron chi connectivity index (χ0n) is 12.0. The molecule has 0 fully saturated rings. The first-order valence-corrected chi connectivity index (χ1v) is 6.84. The summed E-state index contributed by atoms with van der Waals surface area (Å²) < 4.78 is 14.1. The molecule has 5 heteroatoms. The maximum absolute atomic E-state index is 14.1. The van der Waals surface area contributed by atoms with Crippen molar-refractivity contribution in [2.45, 2.75) is 26.7 Å². The van der Waals surface area contributed by atoms with Gasteiger partial charge in [0.15, 0.2) is 11.6 Å². The Hall–Kier alpha value is -1.68. The van der Waals surface area contributed by atoms with Gasteiger partial charge in [-0.25, -0.2) is 14.4 Å². The molecule has 1 aromatic heterocycles. The van der Waals surface area contributed by atoms with Crippen LogP contribution in [0.1, 0.15) is 31.0 Å². The zero-order valence-corrected chi connectivity index (χ0v) is 12.7. The monoisotopic (exact) mass is 293 g/mol. The summed E-state index contributed by atoms with van der Waals surface area (Å²) in [7, 11) is 1.80. The summed E-state index contributed by atoms with van der Waals surface area (Å²) in [6.45, 7) is 6.06. The SMILES string of the molecule is CNc1nc(-c2cccc(Cl)c2F)nc(C)c1C(C)C. The lowest BCUT2D eigenvalue weighted by Crippen LogP contribution is -2.07. The molecule has 0 spiro atoms. The predicted molar refractivity (Wildman–Crippen MR) is 80.8 cm³/mol. The molecule has 0 aliphatic heterocycles. The Morgan fingerprint density at radius 3 is 2.55 bits per heavy atom. The molecule has 0 saturated carbocycles. The van der Waals surface area contributed by atoms with Gasteiger partial charge in [0.1, 0.15) is 5.82 Å². The summed E-state index contributed by atoms with van der Waals surface area (Å²) in [5, 5.41) is 3.13. The maximum atomic E-state index is 14.1. The van der Waals surface area contributed by atoms with Crippen LogP contribution in [0.3, 0.4) is 0 Å². The normalized spacial score (nSPS) is 10.9. The molecule has 0 radical (unpaired) electrons. The largest absolute Gasteiger partial charge is 0.373 e. The Bertz CT molecular complexity index is 641. The van der Waals surface area contributed by atoms with Gasteiger partial charge in [0.25, 0.3) is 0 Å². The highest BCUT2D eigenvalue weighted by atomic mass is 35.5. The van der Waals surface area contributed by atoms with E-state index in [9.17, 15) is 4.39 Å². The third-order valence-electron chi connectivity index (χ3n) is 3.14. The molecule has 2 rings (SSSR count). The second kappa shape index (κ2) is 5.75. The van der Waals surface area contributed by atoms with Crippen LogP contribution in [-0.2, 0) is 0 Å². The van der Waals surface area contributed by atoms with E-state index in [2.05, 4.69) is 29.1 Å². The van der Waals surface area contributed by atoms with Gasteiger partial charge in [0, 0.05) is 18.3 Å². The van der Waals surface area contributed by atoms with Crippen LogP contribution in [0, 0.1) is 12.7 Å². The average molecular weight is 294 g/mol. The Kier molecular flexibility index (Phi) is 4.23. The number of benzene rings is 1. The number of anilines is 1. The van der Waals surface area contributed by atoms with E-state index in [0.29, 0.717) is 11.4 Å². The van der Waals surface area contributed by atoms with Crippen LogP contribution in [0.2, 0.25) is 5.02 Å². The smallest absolute Gasteiger partial charge is 0.164 e. The van der Waals surface area contributed by atoms with Crippen molar-refractivity contribution in [1.82, 2.24) is 9.97 Å². The van der Waals surface area contributed by atoms with Crippen LogP contribution in [0.25, 0.3) is 11.4 Å². The summed E-state index contributed by atoms with van der Waals surface area (Å²) in [5.41, 5.74) is 2.19. The van der Waals surface area contributed by atoms with Crippen molar-refractivity contribution in [2.75, 3.05) is 12.4 Å². The first-order chi connectivity index (χ1) is 9.45. The molecule has 20 heavy (non-hydrogen) atoms. The molecule has 106 valence electrons. The Labute approximate surface area is 123 Å². The molecule has 0 bridgehead atoms. The van der Waals surface area contributed by atoms with Gasteiger partial charge in [-0.3, -0.25) is 0 Å². The van der Waals surface area contributed by atoms with Crippen LogP contribution in [-0.4, -0.2) is 17.0 Å². The predicted octanol–water partition coefficient (Wildman–Crippen LogP) is 4.41. The Balaban J connectivity index is 2.65. The van der Waals surface area contributed by atoms with Crippen molar-refractivity contribution >= 4 is 17.4 Å². The van der Waals surface area contributed by atoms with E-state index in [-0.39, 0.29) is 10.9 Å². The van der Waals surface area contributed by atoms with Crippen molar-refractivity contribution < 1.29 is 4.39 Å². The lowest BCUT2D eigenvalue weighted by molar-refractivity contribution is 0.630. The van der Waals surface area contributed by atoms with E-state index in [0.717, 1.165) is 17.1 Å². The molecule has 2 aromatic rings. The minimum Gasteiger partial charge on any atom is -0.373 e. The van der Waals surface area contributed by atoms with Gasteiger partial charge >= 0.3 is 0 Å². The van der Waals surface area contributed by atoms with Gasteiger partial charge in [-0.05, 0) is 25.0 Å². The van der Waals surface area contributed by atoms with Gasteiger partial charge in [-0.15, -0.1) is 0 Å². The number of hydrogen-bond donors (Lipinski definition) is 1. The van der Waals surface area contributed by atoms with Crippen LogP contribution < -0.4 is 5.32 Å². The third kappa shape index (κ3) is 2.61. The lowest BCUT2D eigenvalue weighted by Gasteiger charge is -2.16. The molecule has 1 heterocycles. The van der Waals surface area contributed by atoms with Crippen LogP contribution in [0.15, 0.2) is 18.2 Å². The minimum atomic E-state index is -0.493. The fourth-order valence-electron chi connectivity index (χ4n) is 2.26. The highest BCUT2D eigenvalue weighted by Gasteiger charge is 2.17. The van der Waals surface area contributed by atoms with Crippen LogP contribution in [0.4, 0.5) is 10.2 Å². The van der Waals surface area contributed by atoms with E-state index in [4.69, 9.17) is 11.6 Å². The average Bonchev–Trinajstić information content (AvgIpc) is 2.40. The second-order valence-electron chi connectivity index (χ2n) is 4.90. The van der Waals surface area contributed by atoms with E-state index in [1.807, 2.05) is 6.92 Å². The highest BCUT2D eigenvalue weighted by molar-refractivity contribution is 6.31. The van der Waals surface area contributed by atoms with Gasteiger partial charge < -0.3 is 5.32 Å². The Morgan fingerprint density at radius 1 is 1.25 bits per heavy atom. The molecule has 3 nitrogen and oxygen atoms in total. The summed E-state index contributed by atoms with van der Waals surface area (Å²) in [4.78, 5) is 8.85. The molecule has 0 amide bonds. The summed E-state index contributed by atoms with van der Waals surface area (Å²) >= 11 is 5.81. The quantitative estimate of drug-likeness (QED) is 0.911. The molecule has 1 aromatic carbocycles. The number of nitrogens with one attached hydrogen (secondary N) is 1. The van der Waals surface area contributed by atoms with Gasteiger partial charge in [-0.2, -0.15) is 0 Å². The standard InChI is InChI=1S/C15H17ClFN3/c1-8(2)12-9(3)19-14(20-15(12)18-4)10-6-5-7-11(16)13(10)17/h5-8H,1-4H3,(H,18,19,20). The fourth-order valence-corrected chi connectivity index (χ4v) is 2.43. The summed E-state index contributed by atoms with van der Waals surface area (Å²) in [5.74, 6) is 0.863. The lowest BCUT2D eigenvalue weighted by atomic mass is 10.0. The van der Waals surface area contributed by atoms with E-state index < -0.39 is 5.82 Å². The first-order valence-electron chi connectivity index (χ1n) is 6.46. The molecule has 1 N–H and O–H groups in total. The fraction of sp³-hybridized carbons (Fsp3) is 0.333. The van der Waals surface area contributed by atoms with Gasteiger partial charge in [-0.1, -0.05) is 31.5 Å².